The van der Waals surface area contributed by atoms with Crippen molar-refractivity contribution in [2.24, 2.45) is 0 Å². The van der Waals surface area contributed by atoms with E-state index in [9.17, 15) is 25.9 Å². The summed E-state index contributed by atoms with van der Waals surface area (Å²) < 4.78 is 65.6. The molecule has 2 aromatic rings. The van der Waals surface area contributed by atoms with Crippen molar-refractivity contribution >= 4 is 52.1 Å². The monoisotopic (exact) mass is 470 g/mol. The highest BCUT2D eigenvalue weighted by Gasteiger charge is 2.23. The molecule has 0 bridgehead atoms. The van der Waals surface area contributed by atoms with Crippen LogP contribution in [-0.4, -0.2) is 25.9 Å². The summed E-state index contributed by atoms with van der Waals surface area (Å²) in [5.74, 6) is 0. The molecule has 0 aliphatic heterocycles. The fourth-order valence-corrected chi connectivity index (χ4v) is 3.97. The highest BCUT2D eigenvalue weighted by Crippen LogP contribution is 2.36. The molecule has 0 aromatic heterocycles. The molecule has 6 nitrogen and oxygen atoms in total. The molecule has 118 valence electrons. The van der Waals surface area contributed by atoms with Crippen molar-refractivity contribution in [2.75, 3.05) is 0 Å². The zero-order chi connectivity index (χ0) is 16.7. The summed E-state index contributed by atoms with van der Waals surface area (Å²) in [7, 11) is -9.17. The van der Waals surface area contributed by atoms with Gasteiger partial charge in [-0.15, -0.1) is 0 Å². The molecule has 0 aliphatic carbocycles. The van der Waals surface area contributed by atoms with E-state index in [1.807, 2.05) is 0 Å². The number of rotatable bonds is 3. The molecule has 0 amide bonds. The standard InChI is InChI=1S/C12H8Br2O6S2/c13-7-1-3-11(21(15,16)17)9(5-7)10-6-8(14)2-4-12(10)22(18,19)20/h1-6H,(H,15,16,17)(H,18,19,20). The molecule has 2 aromatic carbocycles. The van der Waals surface area contributed by atoms with Gasteiger partial charge in [-0.05, 0) is 36.4 Å². The zero-order valence-corrected chi connectivity index (χ0v) is 15.4. The smallest absolute Gasteiger partial charge is 0.282 e. The first kappa shape index (κ1) is 17.6. The van der Waals surface area contributed by atoms with Crippen LogP contribution in [-0.2, 0) is 20.2 Å². The summed E-state index contributed by atoms with van der Waals surface area (Å²) >= 11 is 6.31. The fourth-order valence-electron chi connectivity index (χ4n) is 1.88. The lowest BCUT2D eigenvalue weighted by atomic mass is 10.1. The van der Waals surface area contributed by atoms with Gasteiger partial charge in [-0.1, -0.05) is 31.9 Å². The number of hydrogen-bond acceptors (Lipinski definition) is 4. The quantitative estimate of drug-likeness (QED) is 0.664. The third kappa shape index (κ3) is 3.76. The lowest BCUT2D eigenvalue weighted by Crippen LogP contribution is -2.05. The maximum absolute atomic E-state index is 11.5. The average molecular weight is 472 g/mol. The van der Waals surface area contributed by atoms with E-state index in [0.717, 1.165) is 12.1 Å². The molecule has 0 radical (unpaired) electrons. The SMILES string of the molecule is O=S(=O)(O)c1ccc(Br)cc1-c1cc(Br)ccc1S(=O)(=O)O. The van der Waals surface area contributed by atoms with Crippen LogP contribution in [0.15, 0.2) is 55.1 Å². The van der Waals surface area contributed by atoms with Gasteiger partial charge in [-0.25, -0.2) is 0 Å². The number of benzene rings is 2. The van der Waals surface area contributed by atoms with E-state index in [0.29, 0.717) is 8.95 Å². The van der Waals surface area contributed by atoms with Crippen LogP contribution >= 0.6 is 31.9 Å². The van der Waals surface area contributed by atoms with Crippen LogP contribution in [0.2, 0.25) is 0 Å². The zero-order valence-electron chi connectivity index (χ0n) is 10.6. The van der Waals surface area contributed by atoms with Crippen LogP contribution in [0.4, 0.5) is 0 Å². The van der Waals surface area contributed by atoms with Gasteiger partial charge in [-0.3, -0.25) is 9.11 Å². The van der Waals surface area contributed by atoms with Gasteiger partial charge in [0.1, 0.15) is 9.79 Å². The predicted molar refractivity (Wildman–Crippen MR) is 86.9 cm³/mol. The van der Waals surface area contributed by atoms with Crippen molar-refractivity contribution in [3.05, 3.63) is 45.3 Å². The second kappa shape index (κ2) is 6.02. The van der Waals surface area contributed by atoms with Gasteiger partial charge < -0.3 is 0 Å². The van der Waals surface area contributed by atoms with E-state index in [1.165, 1.54) is 24.3 Å². The number of hydrogen-bond donors (Lipinski definition) is 2. The van der Waals surface area contributed by atoms with Crippen molar-refractivity contribution < 1.29 is 25.9 Å². The molecule has 10 heteroatoms. The van der Waals surface area contributed by atoms with E-state index in [-0.39, 0.29) is 11.1 Å². The Bertz CT molecular complexity index is 872. The van der Waals surface area contributed by atoms with Gasteiger partial charge in [0.15, 0.2) is 0 Å². The molecule has 2 N–H and O–H groups in total. The Labute approximate surface area is 143 Å². The molecule has 0 spiro atoms. The van der Waals surface area contributed by atoms with Crippen molar-refractivity contribution in [3.8, 4) is 11.1 Å². The Hall–Kier alpha value is -0.780. The molecule has 2 rings (SSSR count). The molecule has 0 saturated carbocycles. The molecule has 0 heterocycles. The fraction of sp³-hybridized carbons (Fsp3) is 0. The van der Waals surface area contributed by atoms with Gasteiger partial charge in [-0.2, -0.15) is 16.8 Å². The van der Waals surface area contributed by atoms with Crippen molar-refractivity contribution in [1.82, 2.24) is 0 Å². The van der Waals surface area contributed by atoms with E-state index >= 15 is 0 Å². The molecular weight excluding hydrogens is 464 g/mol. The maximum atomic E-state index is 11.5. The summed E-state index contributed by atoms with van der Waals surface area (Å²) in [6, 6.07) is 7.70. The van der Waals surface area contributed by atoms with Crippen LogP contribution in [0.25, 0.3) is 11.1 Å². The second-order valence-corrected chi connectivity index (χ2v) is 8.84. The minimum Gasteiger partial charge on any atom is -0.282 e. The van der Waals surface area contributed by atoms with Crippen LogP contribution in [0.1, 0.15) is 0 Å². The molecule has 0 fully saturated rings. The summed E-state index contributed by atoms with van der Waals surface area (Å²) in [5.41, 5.74) is -0.128. The van der Waals surface area contributed by atoms with Crippen LogP contribution in [0.5, 0.6) is 0 Å². The van der Waals surface area contributed by atoms with E-state index < -0.39 is 30.0 Å². The van der Waals surface area contributed by atoms with Crippen molar-refractivity contribution in [3.63, 3.8) is 0 Å². The Morgan fingerprint density at radius 3 is 1.27 bits per heavy atom. The van der Waals surface area contributed by atoms with Crippen LogP contribution in [0.3, 0.4) is 0 Å². The molecule has 22 heavy (non-hydrogen) atoms. The first-order valence-electron chi connectivity index (χ1n) is 5.54. The van der Waals surface area contributed by atoms with Crippen molar-refractivity contribution in [1.29, 1.82) is 0 Å². The molecule has 0 unspecified atom stereocenters. The Balaban J connectivity index is 2.94. The van der Waals surface area contributed by atoms with Crippen LogP contribution < -0.4 is 0 Å². The third-order valence-electron chi connectivity index (χ3n) is 2.73. The van der Waals surface area contributed by atoms with Gasteiger partial charge in [0, 0.05) is 20.1 Å². The molecular formula is C12H8Br2O6S2. The largest absolute Gasteiger partial charge is 0.295 e. The summed E-state index contributed by atoms with van der Waals surface area (Å²) in [5, 5.41) is 0. The third-order valence-corrected chi connectivity index (χ3v) is 5.54. The lowest BCUT2D eigenvalue weighted by Gasteiger charge is -2.12. The maximum Gasteiger partial charge on any atom is 0.295 e. The minimum atomic E-state index is -4.59. The highest BCUT2D eigenvalue weighted by atomic mass is 79.9. The van der Waals surface area contributed by atoms with E-state index in [2.05, 4.69) is 31.9 Å². The average Bonchev–Trinajstić information content (AvgIpc) is 2.35. The molecule has 0 saturated heterocycles. The summed E-state index contributed by atoms with van der Waals surface area (Å²) in [6.07, 6.45) is 0. The van der Waals surface area contributed by atoms with Gasteiger partial charge in [0.05, 0.1) is 0 Å². The Kier molecular flexibility index (Phi) is 4.81. The first-order valence-corrected chi connectivity index (χ1v) is 10.0. The molecule has 0 aliphatic rings. The Morgan fingerprint density at radius 2 is 1.00 bits per heavy atom. The number of halogens is 2. The lowest BCUT2D eigenvalue weighted by molar-refractivity contribution is 0.480. The highest BCUT2D eigenvalue weighted by molar-refractivity contribution is 9.10. The normalized spacial score (nSPS) is 12.4. The topological polar surface area (TPSA) is 109 Å². The predicted octanol–water partition coefficient (Wildman–Crippen LogP) is 3.37. The van der Waals surface area contributed by atoms with Crippen molar-refractivity contribution in [2.45, 2.75) is 9.79 Å². The van der Waals surface area contributed by atoms with Gasteiger partial charge in [0.2, 0.25) is 0 Å². The van der Waals surface area contributed by atoms with Gasteiger partial charge in [0.25, 0.3) is 20.2 Å². The van der Waals surface area contributed by atoms with E-state index in [4.69, 9.17) is 0 Å². The van der Waals surface area contributed by atoms with Crippen LogP contribution in [0, 0.1) is 0 Å². The molecule has 0 atom stereocenters. The first-order chi connectivity index (χ1) is 10.00. The van der Waals surface area contributed by atoms with Gasteiger partial charge >= 0.3 is 0 Å². The summed E-state index contributed by atoms with van der Waals surface area (Å²) in [6.45, 7) is 0. The minimum absolute atomic E-state index is 0.0641. The Morgan fingerprint density at radius 1 is 0.682 bits per heavy atom. The summed E-state index contributed by atoms with van der Waals surface area (Å²) in [4.78, 5) is -0.947. The second-order valence-electron chi connectivity index (χ2n) is 4.23. The van der Waals surface area contributed by atoms with E-state index in [1.54, 1.807) is 0 Å².